The number of anilines is 1. The van der Waals surface area contributed by atoms with Crippen molar-refractivity contribution in [3.63, 3.8) is 0 Å². The third-order valence-corrected chi connectivity index (χ3v) is 3.41. The molecule has 0 fully saturated rings. The number of hydrogen-bond acceptors (Lipinski definition) is 2. The number of benzene rings is 1. The van der Waals surface area contributed by atoms with Crippen molar-refractivity contribution in [3.05, 3.63) is 28.8 Å². The molecule has 106 valence electrons. The number of nitrogens with two attached hydrogens (primary N) is 1. The van der Waals surface area contributed by atoms with Gasteiger partial charge in [-0.15, -0.1) is 0 Å². The van der Waals surface area contributed by atoms with E-state index in [1.54, 1.807) is 0 Å². The van der Waals surface area contributed by atoms with Crippen LogP contribution in [0.5, 0.6) is 0 Å². The van der Waals surface area contributed by atoms with Gasteiger partial charge in [0.05, 0.1) is 0 Å². The van der Waals surface area contributed by atoms with Crippen LogP contribution in [0, 0.1) is 0 Å². The summed E-state index contributed by atoms with van der Waals surface area (Å²) >= 11 is 0. The molecule has 0 aliphatic carbocycles. The molecule has 2 heteroatoms. The summed E-state index contributed by atoms with van der Waals surface area (Å²) < 4.78 is 0. The molecule has 2 nitrogen and oxygen atoms in total. The molecule has 0 spiro atoms. The summed E-state index contributed by atoms with van der Waals surface area (Å²) in [6.45, 7) is 13.1. The van der Waals surface area contributed by atoms with Gasteiger partial charge in [-0.3, -0.25) is 0 Å². The molecule has 0 unspecified atom stereocenters. The highest BCUT2D eigenvalue weighted by molar-refractivity contribution is 5.61. The van der Waals surface area contributed by atoms with Crippen molar-refractivity contribution < 1.29 is 4.79 Å². The molecule has 0 radical (unpaired) electrons. The van der Waals surface area contributed by atoms with Crippen molar-refractivity contribution >= 4 is 12.0 Å². The van der Waals surface area contributed by atoms with Crippen LogP contribution in [-0.2, 0) is 22.0 Å². The standard InChI is InChI=1S/C17H27NO/c1-16(2,3)13-10-12(8-7-9-19)11-14(15(13)18)17(4,5)6/h9-11H,7-8,18H2,1-6H3. The second-order valence-electron chi connectivity index (χ2n) is 7.31. The Balaban J connectivity index is 3.43. The topological polar surface area (TPSA) is 43.1 Å². The summed E-state index contributed by atoms with van der Waals surface area (Å²) in [4.78, 5) is 10.6. The minimum atomic E-state index is 0.0152. The molecule has 0 saturated heterocycles. The number of carbonyl (C=O) groups excluding carboxylic acids is 1. The summed E-state index contributed by atoms with van der Waals surface area (Å²) in [7, 11) is 0. The van der Waals surface area contributed by atoms with Gasteiger partial charge in [-0.2, -0.15) is 0 Å². The fourth-order valence-electron chi connectivity index (χ4n) is 2.32. The Kier molecular flexibility index (Phi) is 4.44. The van der Waals surface area contributed by atoms with E-state index in [1.165, 1.54) is 16.7 Å². The lowest BCUT2D eigenvalue weighted by Gasteiger charge is -2.29. The van der Waals surface area contributed by atoms with Crippen LogP contribution < -0.4 is 5.73 Å². The smallest absolute Gasteiger partial charge is 0.120 e. The number of hydrogen-bond donors (Lipinski definition) is 1. The van der Waals surface area contributed by atoms with Crippen LogP contribution in [0.2, 0.25) is 0 Å². The highest BCUT2D eigenvalue weighted by Crippen LogP contribution is 2.37. The van der Waals surface area contributed by atoms with Gasteiger partial charge in [0.25, 0.3) is 0 Å². The minimum absolute atomic E-state index is 0.0152. The third kappa shape index (κ3) is 3.82. The predicted molar refractivity (Wildman–Crippen MR) is 82.6 cm³/mol. The molecule has 2 N–H and O–H groups in total. The Morgan fingerprint density at radius 3 is 1.74 bits per heavy atom. The normalized spacial score (nSPS) is 12.5. The quantitative estimate of drug-likeness (QED) is 0.660. The first-order chi connectivity index (χ1) is 8.57. The second-order valence-corrected chi connectivity index (χ2v) is 7.31. The Morgan fingerprint density at radius 1 is 1.00 bits per heavy atom. The highest BCUT2D eigenvalue weighted by atomic mass is 16.1. The van der Waals surface area contributed by atoms with Crippen molar-refractivity contribution in [1.29, 1.82) is 0 Å². The molecule has 0 amide bonds. The maximum atomic E-state index is 10.6. The molecule has 0 bridgehead atoms. The fourth-order valence-corrected chi connectivity index (χ4v) is 2.32. The maximum absolute atomic E-state index is 10.6. The van der Waals surface area contributed by atoms with Crippen molar-refractivity contribution in [2.45, 2.75) is 65.2 Å². The van der Waals surface area contributed by atoms with Gasteiger partial charge in [0, 0.05) is 12.1 Å². The third-order valence-electron chi connectivity index (χ3n) is 3.41. The molecule has 0 atom stereocenters. The number of aldehydes is 1. The van der Waals surface area contributed by atoms with E-state index in [0.29, 0.717) is 6.42 Å². The largest absolute Gasteiger partial charge is 0.398 e. The zero-order valence-electron chi connectivity index (χ0n) is 13.1. The molecule has 0 aliphatic rings. The summed E-state index contributed by atoms with van der Waals surface area (Å²) in [5.74, 6) is 0. The Labute approximate surface area is 117 Å². The van der Waals surface area contributed by atoms with Crippen molar-refractivity contribution in [2.75, 3.05) is 5.73 Å². The van der Waals surface area contributed by atoms with E-state index >= 15 is 0 Å². The molecule has 0 aromatic heterocycles. The van der Waals surface area contributed by atoms with Crippen molar-refractivity contribution in [3.8, 4) is 0 Å². The Morgan fingerprint density at radius 2 is 1.42 bits per heavy atom. The van der Waals surface area contributed by atoms with Crippen LogP contribution in [0.15, 0.2) is 12.1 Å². The van der Waals surface area contributed by atoms with Gasteiger partial charge < -0.3 is 10.5 Å². The number of nitrogen functional groups attached to an aromatic ring is 1. The van der Waals surface area contributed by atoms with Crippen LogP contribution in [-0.4, -0.2) is 6.29 Å². The minimum Gasteiger partial charge on any atom is -0.398 e. The zero-order valence-corrected chi connectivity index (χ0v) is 13.1. The van der Waals surface area contributed by atoms with Crippen LogP contribution in [0.25, 0.3) is 0 Å². The Hall–Kier alpha value is -1.31. The molecule has 1 rings (SSSR count). The predicted octanol–water partition coefficient (Wildman–Crippen LogP) is 4.00. The molecular weight excluding hydrogens is 234 g/mol. The summed E-state index contributed by atoms with van der Waals surface area (Å²) in [5, 5.41) is 0. The molecule has 0 heterocycles. The lowest BCUT2D eigenvalue weighted by Crippen LogP contribution is -2.21. The van der Waals surface area contributed by atoms with Gasteiger partial charge in [0.2, 0.25) is 0 Å². The summed E-state index contributed by atoms with van der Waals surface area (Å²) in [5.41, 5.74) is 10.9. The van der Waals surface area contributed by atoms with Crippen LogP contribution in [0.4, 0.5) is 5.69 Å². The van der Waals surface area contributed by atoms with Gasteiger partial charge >= 0.3 is 0 Å². The number of rotatable bonds is 3. The number of carbonyl (C=O) groups is 1. The molecule has 1 aromatic carbocycles. The van der Waals surface area contributed by atoms with E-state index < -0.39 is 0 Å². The first kappa shape index (κ1) is 15.7. The van der Waals surface area contributed by atoms with E-state index in [0.717, 1.165) is 18.4 Å². The summed E-state index contributed by atoms with van der Waals surface area (Å²) in [6.07, 6.45) is 2.33. The van der Waals surface area contributed by atoms with Gasteiger partial charge in [-0.1, -0.05) is 53.7 Å². The van der Waals surface area contributed by atoms with Gasteiger partial charge in [0.15, 0.2) is 0 Å². The van der Waals surface area contributed by atoms with E-state index in [9.17, 15) is 4.79 Å². The second kappa shape index (κ2) is 5.36. The molecular formula is C17H27NO. The monoisotopic (exact) mass is 261 g/mol. The van der Waals surface area contributed by atoms with Crippen LogP contribution >= 0.6 is 0 Å². The lowest BCUT2D eigenvalue weighted by atomic mass is 9.77. The first-order valence-corrected chi connectivity index (χ1v) is 6.94. The van der Waals surface area contributed by atoms with Gasteiger partial charge in [-0.25, -0.2) is 0 Å². The molecule has 19 heavy (non-hydrogen) atoms. The van der Waals surface area contributed by atoms with Gasteiger partial charge in [0.1, 0.15) is 6.29 Å². The Bertz CT molecular complexity index is 426. The van der Waals surface area contributed by atoms with E-state index in [1.807, 2.05) is 0 Å². The number of aryl methyl sites for hydroxylation is 1. The fraction of sp³-hybridized carbons (Fsp3) is 0.588. The highest BCUT2D eigenvalue weighted by Gasteiger charge is 2.24. The van der Waals surface area contributed by atoms with E-state index in [2.05, 4.69) is 53.7 Å². The van der Waals surface area contributed by atoms with Gasteiger partial charge in [-0.05, 0) is 33.9 Å². The van der Waals surface area contributed by atoms with Crippen molar-refractivity contribution in [1.82, 2.24) is 0 Å². The lowest BCUT2D eigenvalue weighted by molar-refractivity contribution is -0.107. The molecule has 0 aliphatic heterocycles. The van der Waals surface area contributed by atoms with Crippen LogP contribution in [0.1, 0.15) is 64.7 Å². The van der Waals surface area contributed by atoms with E-state index in [4.69, 9.17) is 5.73 Å². The van der Waals surface area contributed by atoms with E-state index in [-0.39, 0.29) is 10.8 Å². The first-order valence-electron chi connectivity index (χ1n) is 6.94. The summed E-state index contributed by atoms with van der Waals surface area (Å²) in [6, 6.07) is 4.32. The average Bonchev–Trinajstić information content (AvgIpc) is 2.24. The molecule has 0 saturated carbocycles. The zero-order chi connectivity index (χ0) is 14.8. The average molecular weight is 261 g/mol. The molecule has 1 aromatic rings. The van der Waals surface area contributed by atoms with Crippen LogP contribution in [0.3, 0.4) is 0 Å². The van der Waals surface area contributed by atoms with Crippen molar-refractivity contribution in [2.24, 2.45) is 0 Å². The SMILES string of the molecule is CC(C)(C)c1cc(CCC=O)cc(C(C)(C)C)c1N. The maximum Gasteiger partial charge on any atom is 0.120 e.